The Morgan fingerprint density at radius 1 is 1.29 bits per heavy atom. The van der Waals surface area contributed by atoms with Crippen LogP contribution in [0.1, 0.15) is 31.7 Å². The molecule has 0 radical (unpaired) electrons. The van der Waals surface area contributed by atoms with Crippen molar-refractivity contribution in [1.29, 1.82) is 0 Å². The molecule has 0 N–H and O–H groups in total. The van der Waals surface area contributed by atoms with Gasteiger partial charge in [0.05, 0.1) is 4.90 Å². The van der Waals surface area contributed by atoms with Crippen molar-refractivity contribution in [3.8, 4) is 0 Å². The normalized spacial score (nSPS) is 13.9. The van der Waals surface area contributed by atoms with Gasteiger partial charge in [0.15, 0.2) is 0 Å². The zero-order valence-corrected chi connectivity index (χ0v) is 9.01. The Bertz CT molecular complexity index is 395. The Kier molecular flexibility index (Phi) is 3.26. The van der Waals surface area contributed by atoms with Crippen LogP contribution in [-0.2, 0) is 10.2 Å². The van der Waals surface area contributed by atoms with Gasteiger partial charge in [-0.05, 0) is 30.0 Å². The SMILES string of the molecule is CC[C@H](C)c1ccc(S(=O)(=O)F)cc1. The molecule has 0 bridgehead atoms. The fraction of sp³-hybridized carbons (Fsp3) is 0.400. The molecule has 0 saturated heterocycles. The number of benzene rings is 1. The minimum absolute atomic E-state index is 0.274. The van der Waals surface area contributed by atoms with Crippen LogP contribution in [0, 0.1) is 0 Å². The summed E-state index contributed by atoms with van der Waals surface area (Å²) in [6, 6.07) is 5.91. The monoisotopic (exact) mass is 216 g/mol. The van der Waals surface area contributed by atoms with E-state index in [4.69, 9.17) is 0 Å². The maximum Gasteiger partial charge on any atom is 0.332 e. The minimum Gasteiger partial charge on any atom is -0.189 e. The van der Waals surface area contributed by atoms with Gasteiger partial charge in [0.25, 0.3) is 0 Å². The highest BCUT2D eigenvalue weighted by Gasteiger charge is 2.11. The largest absolute Gasteiger partial charge is 0.332 e. The Labute approximate surface area is 84.0 Å². The molecule has 0 unspecified atom stereocenters. The predicted molar refractivity (Wildman–Crippen MR) is 53.4 cm³/mol. The molecule has 0 aromatic heterocycles. The highest BCUT2D eigenvalue weighted by Crippen LogP contribution is 2.21. The summed E-state index contributed by atoms with van der Waals surface area (Å²) in [4.78, 5) is -0.274. The van der Waals surface area contributed by atoms with Crippen LogP contribution in [0.25, 0.3) is 0 Å². The zero-order valence-electron chi connectivity index (χ0n) is 8.20. The maximum atomic E-state index is 12.5. The smallest absolute Gasteiger partial charge is 0.189 e. The van der Waals surface area contributed by atoms with Crippen LogP contribution in [-0.4, -0.2) is 8.42 Å². The first-order valence-corrected chi connectivity index (χ1v) is 5.88. The third-order valence-electron chi connectivity index (χ3n) is 2.34. The lowest BCUT2D eigenvalue weighted by Gasteiger charge is -2.08. The van der Waals surface area contributed by atoms with Gasteiger partial charge in [-0.1, -0.05) is 26.0 Å². The van der Waals surface area contributed by atoms with Gasteiger partial charge in [0.2, 0.25) is 0 Å². The molecular formula is C10H13FO2S. The predicted octanol–water partition coefficient (Wildman–Crippen LogP) is 2.86. The molecule has 14 heavy (non-hydrogen) atoms. The summed E-state index contributed by atoms with van der Waals surface area (Å²) < 4.78 is 33.5. The van der Waals surface area contributed by atoms with E-state index < -0.39 is 10.2 Å². The quantitative estimate of drug-likeness (QED) is 0.728. The molecular weight excluding hydrogens is 203 g/mol. The molecule has 0 fully saturated rings. The van der Waals surface area contributed by atoms with Gasteiger partial charge in [0, 0.05) is 0 Å². The van der Waals surface area contributed by atoms with E-state index in [2.05, 4.69) is 0 Å². The van der Waals surface area contributed by atoms with Crippen molar-refractivity contribution in [3.05, 3.63) is 29.8 Å². The highest BCUT2D eigenvalue weighted by atomic mass is 32.3. The lowest BCUT2D eigenvalue weighted by Crippen LogP contribution is -1.94. The van der Waals surface area contributed by atoms with Gasteiger partial charge in [-0.3, -0.25) is 0 Å². The second-order valence-electron chi connectivity index (χ2n) is 3.32. The molecule has 1 aromatic carbocycles. The third kappa shape index (κ3) is 2.54. The first kappa shape index (κ1) is 11.2. The molecule has 1 aromatic rings. The van der Waals surface area contributed by atoms with Crippen LogP contribution in [0.2, 0.25) is 0 Å². The van der Waals surface area contributed by atoms with Crippen LogP contribution in [0.5, 0.6) is 0 Å². The Balaban J connectivity index is 3.01. The van der Waals surface area contributed by atoms with Crippen molar-refractivity contribution in [3.63, 3.8) is 0 Å². The summed E-state index contributed by atoms with van der Waals surface area (Å²) in [5.41, 5.74) is 1.03. The first-order valence-electron chi connectivity index (χ1n) is 4.49. The molecule has 4 heteroatoms. The van der Waals surface area contributed by atoms with Crippen LogP contribution < -0.4 is 0 Å². The van der Waals surface area contributed by atoms with E-state index in [9.17, 15) is 12.3 Å². The molecule has 0 heterocycles. The number of hydrogen-bond acceptors (Lipinski definition) is 2. The van der Waals surface area contributed by atoms with E-state index in [1.54, 1.807) is 12.1 Å². The lowest BCUT2D eigenvalue weighted by atomic mass is 9.99. The molecule has 0 spiro atoms. The van der Waals surface area contributed by atoms with E-state index in [0.29, 0.717) is 5.92 Å². The Hall–Kier alpha value is -0.900. The van der Waals surface area contributed by atoms with Gasteiger partial charge in [-0.15, -0.1) is 3.89 Å². The van der Waals surface area contributed by atoms with Crippen molar-refractivity contribution >= 4 is 10.2 Å². The van der Waals surface area contributed by atoms with Crippen molar-refractivity contribution in [2.24, 2.45) is 0 Å². The lowest BCUT2D eigenvalue weighted by molar-refractivity contribution is 0.552. The molecule has 0 aliphatic heterocycles. The fourth-order valence-corrected chi connectivity index (χ4v) is 1.66. The molecule has 78 valence electrons. The van der Waals surface area contributed by atoms with Gasteiger partial charge >= 0.3 is 10.2 Å². The average Bonchev–Trinajstić information content (AvgIpc) is 2.15. The summed E-state index contributed by atoms with van der Waals surface area (Å²) in [7, 11) is -4.55. The van der Waals surface area contributed by atoms with Crippen molar-refractivity contribution in [2.75, 3.05) is 0 Å². The number of halogens is 1. The van der Waals surface area contributed by atoms with Gasteiger partial charge < -0.3 is 0 Å². The second-order valence-corrected chi connectivity index (χ2v) is 4.66. The molecule has 0 amide bonds. The Morgan fingerprint density at radius 3 is 2.14 bits per heavy atom. The van der Waals surface area contributed by atoms with E-state index >= 15 is 0 Å². The molecule has 1 rings (SSSR count). The van der Waals surface area contributed by atoms with E-state index in [0.717, 1.165) is 12.0 Å². The van der Waals surface area contributed by atoms with E-state index in [1.807, 2.05) is 13.8 Å². The van der Waals surface area contributed by atoms with E-state index in [1.165, 1.54) is 12.1 Å². The van der Waals surface area contributed by atoms with Crippen molar-refractivity contribution in [1.82, 2.24) is 0 Å². The molecule has 0 aliphatic carbocycles. The summed E-state index contributed by atoms with van der Waals surface area (Å²) >= 11 is 0. The average molecular weight is 216 g/mol. The summed E-state index contributed by atoms with van der Waals surface area (Å²) in [5.74, 6) is 0.367. The van der Waals surface area contributed by atoms with Crippen LogP contribution in [0.3, 0.4) is 0 Å². The summed E-state index contributed by atoms with van der Waals surface area (Å²) in [6.45, 7) is 4.09. The van der Waals surface area contributed by atoms with Crippen LogP contribution in [0.15, 0.2) is 29.2 Å². The zero-order chi connectivity index (χ0) is 10.8. The number of rotatable bonds is 3. The van der Waals surface area contributed by atoms with Gasteiger partial charge in [-0.25, -0.2) is 0 Å². The molecule has 0 aliphatic rings. The van der Waals surface area contributed by atoms with Gasteiger partial charge in [0.1, 0.15) is 0 Å². The molecule has 2 nitrogen and oxygen atoms in total. The highest BCUT2D eigenvalue weighted by molar-refractivity contribution is 7.86. The maximum absolute atomic E-state index is 12.5. The van der Waals surface area contributed by atoms with Crippen molar-refractivity contribution < 1.29 is 12.3 Å². The molecule has 1 atom stereocenters. The fourth-order valence-electron chi connectivity index (χ4n) is 1.19. The van der Waals surface area contributed by atoms with Crippen LogP contribution >= 0.6 is 0 Å². The second kappa shape index (κ2) is 4.09. The summed E-state index contributed by atoms with van der Waals surface area (Å²) in [5, 5.41) is 0. The third-order valence-corrected chi connectivity index (χ3v) is 3.18. The molecule has 0 saturated carbocycles. The van der Waals surface area contributed by atoms with Crippen LogP contribution in [0.4, 0.5) is 3.89 Å². The Morgan fingerprint density at radius 2 is 1.79 bits per heavy atom. The van der Waals surface area contributed by atoms with E-state index in [-0.39, 0.29) is 4.90 Å². The van der Waals surface area contributed by atoms with Gasteiger partial charge in [-0.2, -0.15) is 8.42 Å². The topological polar surface area (TPSA) is 34.1 Å². The number of hydrogen-bond donors (Lipinski definition) is 0. The first-order chi connectivity index (χ1) is 6.45. The minimum atomic E-state index is -4.55. The standard InChI is InChI=1S/C10H13FO2S/c1-3-8(2)9-4-6-10(7-5-9)14(11,12)13/h4-8H,3H2,1-2H3/t8-/m0/s1. The summed E-state index contributed by atoms with van der Waals surface area (Å²) in [6.07, 6.45) is 0.974. The van der Waals surface area contributed by atoms with Crippen molar-refractivity contribution in [2.45, 2.75) is 31.1 Å².